The second-order valence-electron chi connectivity index (χ2n) is 7.02. The molecule has 0 bridgehead atoms. The highest BCUT2D eigenvalue weighted by Gasteiger charge is 1.98. The molecular formula is C21H40O2. The molecular weight excluding hydrogens is 284 g/mol. The molecule has 1 N–H and O–H groups in total. The molecule has 0 amide bonds. The Labute approximate surface area is 144 Å². The molecule has 0 aromatic heterocycles. The van der Waals surface area contributed by atoms with Gasteiger partial charge in [0.25, 0.3) is 0 Å². The Morgan fingerprint density at radius 1 is 0.870 bits per heavy atom. The van der Waals surface area contributed by atoms with E-state index in [9.17, 15) is 4.79 Å². The van der Waals surface area contributed by atoms with E-state index in [4.69, 9.17) is 5.11 Å². The molecule has 0 aliphatic heterocycles. The van der Waals surface area contributed by atoms with Crippen LogP contribution in [0.15, 0.2) is 12.2 Å². The lowest BCUT2D eigenvalue weighted by Crippen LogP contribution is -1.93. The summed E-state index contributed by atoms with van der Waals surface area (Å²) in [5, 5.41) is 8.55. The van der Waals surface area contributed by atoms with E-state index < -0.39 is 5.97 Å². The van der Waals surface area contributed by atoms with Crippen LogP contribution in [0.2, 0.25) is 0 Å². The van der Waals surface area contributed by atoms with Crippen LogP contribution in [0.1, 0.15) is 110 Å². The van der Waals surface area contributed by atoms with Crippen molar-refractivity contribution in [2.75, 3.05) is 0 Å². The molecule has 1 atom stereocenters. The molecule has 2 heteroatoms. The molecule has 0 saturated heterocycles. The Bertz CT molecular complexity index is 284. The van der Waals surface area contributed by atoms with Crippen LogP contribution in [0.4, 0.5) is 0 Å². The van der Waals surface area contributed by atoms with Gasteiger partial charge in [-0.05, 0) is 31.6 Å². The van der Waals surface area contributed by atoms with Gasteiger partial charge in [-0.2, -0.15) is 0 Å². The SMILES string of the molecule is CCCCCC=CC(C)CCCCCCCCCCCC(=O)O. The first-order chi connectivity index (χ1) is 11.2. The molecule has 1 unspecified atom stereocenters. The van der Waals surface area contributed by atoms with Crippen molar-refractivity contribution in [3.8, 4) is 0 Å². The molecule has 0 aliphatic rings. The quantitative estimate of drug-likeness (QED) is 0.228. The van der Waals surface area contributed by atoms with Gasteiger partial charge in [0, 0.05) is 6.42 Å². The van der Waals surface area contributed by atoms with Gasteiger partial charge in [-0.25, -0.2) is 0 Å². The molecule has 0 rings (SSSR count). The highest BCUT2D eigenvalue weighted by molar-refractivity contribution is 5.66. The maximum absolute atomic E-state index is 10.4. The van der Waals surface area contributed by atoms with Crippen molar-refractivity contribution in [3.63, 3.8) is 0 Å². The van der Waals surface area contributed by atoms with Gasteiger partial charge in [-0.1, -0.05) is 90.2 Å². The number of rotatable bonds is 17. The third-order valence-electron chi connectivity index (χ3n) is 4.49. The maximum atomic E-state index is 10.4. The van der Waals surface area contributed by atoms with E-state index in [0.717, 1.165) is 18.8 Å². The summed E-state index contributed by atoms with van der Waals surface area (Å²) in [4.78, 5) is 10.4. The Balaban J connectivity index is 3.21. The third kappa shape index (κ3) is 19.2. The van der Waals surface area contributed by atoms with Gasteiger partial charge in [0.2, 0.25) is 0 Å². The predicted octanol–water partition coefficient (Wildman–Crippen LogP) is 7.13. The lowest BCUT2D eigenvalue weighted by Gasteiger charge is -2.06. The maximum Gasteiger partial charge on any atom is 0.303 e. The Hall–Kier alpha value is -0.790. The first kappa shape index (κ1) is 22.2. The summed E-state index contributed by atoms with van der Waals surface area (Å²) < 4.78 is 0. The summed E-state index contributed by atoms with van der Waals surface area (Å²) in [6.45, 7) is 4.60. The number of aliphatic carboxylic acids is 1. The number of unbranched alkanes of at least 4 members (excludes halogenated alkanes) is 11. The van der Waals surface area contributed by atoms with E-state index in [1.807, 2.05) is 0 Å². The molecule has 0 spiro atoms. The molecule has 0 aromatic carbocycles. The smallest absolute Gasteiger partial charge is 0.303 e. The first-order valence-corrected chi connectivity index (χ1v) is 10.0. The van der Waals surface area contributed by atoms with Gasteiger partial charge < -0.3 is 5.11 Å². The lowest BCUT2D eigenvalue weighted by molar-refractivity contribution is -0.137. The number of allylic oxidation sites excluding steroid dienone is 2. The number of hydrogen-bond donors (Lipinski definition) is 1. The van der Waals surface area contributed by atoms with Crippen LogP contribution >= 0.6 is 0 Å². The van der Waals surface area contributed by atoms with Crippen LogP contribution < -0.4 is 0 Å². The van der Waals surface area contributed by atoms with Crippen molar-refractivity contribution in [1.82, 2.24) is 0 Å². The summed E-state index contributed by atoms with van der Waals surface area (Å²) in [5.41, 5.74) is 0. The zero-order valence-electron chi connectivity index (χ0n) is 15.7. The van der Waals surface area contributed by atoms with Gasteiger partial charge >= 0.3 is 5.97 Å². The van der Waals surface area contributed by atoms with Gasteiger partial charge in [0.15, 0.2) is 0 Å². The van der Waals surface area contributed by atoms with E-state index >= 15 is 0 Å². The van der Waals surface area contributed by atoms with Crippen LogP contribution in [-0.2, 0) is 4.79 Å². The van der Waals surface area contributed by atoms with E-state index in [0.29, 0.717) is 6.42 Å². The van der Waals surface area contributed by atoms with Crippen molar-refractivity contribution >= 4 is 5.97 Å². The summed E-state index contributed by atoms with van der Waals surface area (Å²) >= 11 is 0. The number of carboxylic acids is 1. The van der Waals surface area contributed by atoms with Gasteiger partial charge in [0.1, 0.15) is 0 Å². The molecule has 136 valence electrons. The van der Waals surface area contributed by atoms with Crippen LogP contribution in [0, 0.1) is 5.92 Å². The number of carboxylic acid groups (broad SMARTS) is 1. The Morgan fingerprint density at radius 2 is 1.43 bits per heavy atom. The molecule has 23 heavy (non-hydrogen) atoms. The minimum Gasteiger partial charge on any atom is -0.481 e. The van der Waals surface area contributed by atoms with E-state index in [1.165, 1.54) is 77.0 Å². The van der Waals surface area contributed by atoms with E-state index in [2.05, 4.69) is 26.0 Å². The summed E-state index contributed by atoms with van der Waals surface area (Å²) in [7, 11) is 0. The van der Waals surface area contributed by atoms with Crippen molar-refractivity contribution in [2.45, 2.75) is 110 Å². The molecule has 0 heterocycles. The van der Waals surface area contributed by atoms with Crippen molar-refractivity contribution in [1.29, 1.82) is 0 Å². The largest absolute Gasteiger partial charge is 0.481 e. The standard InChI is InChI=1S/C21H40O2/c1-3-4-5-11-14-17-20(2)18-15-12-9-7-6-8-10-13-16-19-21(22)23/h14,17,20H,3-13,15-16,18-19H2,1-2H3,(H,22,23). The van der Waals surface area contributed by atoms with Crippen molar-refractivity contribution < 1.29 is 9.90 Å². The zero-order chi connectivity index (χ0) is 17.2. The Morgan fingerprint density at radius 3 is 2.00 bits per heavy atom. The summed E-state index contributed by atoms with van der Waals surface area (Å²) in [6, 6.07) is 0. The second kappa shape index (κ2) is 17.6. The Kier molecular flexibility index (Phi) is 17.0. The fraction of sp³-hybridized carbons (Fsp3) is 0.857. The second-order valence-corrected chi connectivity index (χ2v) is 7.02. The molecule has 2 nitrogen and oxygen atoms in total. The van der Waals surface area contributed by atoms with Crippen LogP contribution in [0.3, 0.4) is 0 Å². The molecule has 0 fully saturated rings. The van der Waals surface area contributed by atoms with Gasteiger partial charge in [-0.3, -0.25) is 4.79 Å². The highest BCUT2D eigenvalue weighted by Crippen LogP contribution is 2.15. The summed E-state index contributed by atoms with van der Waals surface area (Å²) in [5.74, 6) is 0.0842. The average molecular weight is 325 g/mol. The number of carbonyl (C=O) groups is 1. The van der Waals surface area contributed by atoms with Gasteiger partial charge in [0.05, 0.1) is 0 Å². The van der Waals surface area contributed by atoms with Crippen LogP contribution in [0.25, 0.3) is 0 Å². The van der Waals surface area contributed by atoms with Crippen LogP contribution in [0.5, 0.6) is 0 Å². The van der Waals surface area contributed by atoms with E-state index in [-0.39, 0.29) is 0 Å². The fourth-order valence-corrected chi connectivity index (χ4v) is 2.92. The minimum atomic E-state index is -0.657. The highest BCUT2D eigenvalue weighted by atomic mass is 16.4. The third-order valence-corrected chi connectivity index (χ3v) is 4.49. The normalized spacial score (nSPS) is 12.8. The lowest BCUT2D eigenvalue weighted by atomic mass is 10.0. The number of hydrogen-bond acceptors (Lipinski definition) is 1. The molecule has 0 aromatic rings. The van der Waals surface area contributed by atoms with Gasteiger partial charge in [-0.15, -0.1) is 0 Å². The monoisotopic (exact) mass is 324 g/mol. The minimum absolute atomic E-state index is 0.339. The average Bonchev–Trinajstić information content (AvgIpc) is 2.52. The summed E-state index contributed by atoms with van der Waals surface area (Å²) in [6.07, 6.45) is 22.9. The molecule has 0 aliphatic carbocycles. The van der Waals surface area contributed by atoms with Crippen molar-refractivity contribution in [3.05, 3.63) is 12.2 Å². The molecule has 0 radical (unpaired) electrons. The van der Waals surface area contributed by atoms with Crippen LogP contribution in [-0.4, -0.2) is 11.1 Å². The topological polar surface area (TPSA) is 37.3 Å². The molecule has 0 saturated carbocycles. The first-order valence-electron chi connectivity index (χ1n) is 10.0. The van der Waals surface area contributed by atoms with Crippen molar-refractivity contribution in [2.24, 2.45) is 5.92 Å². The van der Waals surface area contributed by atoms with E-state index in [1.54, 1.807) is 0 Å². The predicted molar refractivity (Wildman–Crippen MR) is 101 cm³/mol. The fourth-order valence-electron chi connectivity index (χ4n) is 2.92. The zero-order valence-corrected chi connectivity index (χ0v) is 15.7.